The van der Waals surface area contributed by atoms with Crippen LogP contribution >= 0.6 is 11.6 Å². The number of benzene rings is 2. The fraction of sp³-hybridized carbons (Fsp3) is 0.510. The number of carbonyl (C=O) groups is 2. The number of hydrogen-bond donors (Lipinski definition) is 6. The van der Waals surface area contributed by atoms with Gasteiger partial charge in [-0.25, -0.2) is 0 Å². The number of aromatic nitrogens is 3. The van der Waals surface area contributed by atoms with Gasteiger partial charge in [0.1, 0.15) is 6.54 Å². The summed E-state index contributed by atoms with van der Waals surface area (Å²) in [5.41, 5.74) is 6.00. The molecule has 73 heavy (non-hydrogen) atoms. The van der Waals surface area contributed by atoms with Crippen LogP contribution in [0.1, 0.15) is 121 Å². The Morgan fingerprint density at radius 2 is 1.47 bits per heavy atom. The molecule has 2 aliphatic heterocycles. The zero-order valence-corrected chi connectivity index (χ0v) is 45.1. The Kier molecular flexibility index (Phi) is 22.7. The van der Waals surface area contributed by atoms with Crippen molar-refractivity contribution in [1.29, 1.82) is 0 Å². The van der Waals surface area contributed by atoms with Gasteiger partial charge in [-0.1, -0.05) is 62.1 Å². The average Bonchev–Trinajstić information content (AvgIpc) is 3.64. The monoisotopic (exact) mass is 1090 g/mol. The summed E-state index contributed by atoms with van der Waals surface area (Å²) < 4.78 is 93.8. The smallest absolute Gasteiger partial charge is 0.425 e. The summed E-state index contributed by atoms with van der Waals surface area (Å²) in [6.45, 7) is 13.1. The predicted molar refractivity (Wildman–Crippen MR) is 281 cm³/mol. The zero-order valence-electron chi connectivity index (χ0n) is 41.9. The maximum Gasteiger partial charge on any atom is 0.425 e. The van der Waals surface area contributed by atoms with E-state index < -0.39 is 48.0 Å². The van der Waals surface area contributed by atoms with Crippen LogP contribution in [-0.2, 0) is 51.3 Å². The molecule has 1 amide bonds. The highest BCUT2D eigenvalue weighted by Gasteiger charge is 2.45. The predicted octanol–water partition coefficient (Wildman–Crippen LogP) is 7.54. The molecule has 0 fully saturated rings. The van der Waals surface area contributed by atoms with Crippen molar-refractivity contribution in [1.82, 2.24) is 20.3 Å². The number of anilines is 3. The highest BCUT2D eigenvalue weighted by atomic mass is 35.5. The van der Waals surface area contributed by atoms with Crippen molar-refractivity contribution in [3.63, 3.8) is 0 Å². The number of nitrogens with one attached hydrogen (secondary N) is 3. The Balaban J connectivity index is 0.00000278. The number of rotatable bonds is 28. The number of unbranched alkanes of at least 4 members (excludes halogenated alkanes) is 4. The van der Waals surface area contributed by atoms with Gasteiger partial charge >= 0.3 is 16.6 Å². The van der Waals surface area contributed by atoms with E-state index in [0.29, 0.717) is 62.0 Å². The van der Waals surface area contributed by atoms with E-state index in [1.54, 1.807) is 6.07 Å². The molecule has 0 bridgehead atoms. The summed E-state index contributed by atoms with van der Waals surface area (Å²) >= 11 is 6.09. The molecule has 0 radical (unpaired) electrons. The molecule has 5 rings (SSSR count). The molecule has 24 heteroatoms. The van der Waals surface area contributed by atoms with Crippen molar-refractivity contribution in [2.45, 2.75) is 127 Å². The average molecular weight is 1090 g/mol. The number of hydrogen-bond acceptors (Lipinski definition) is 15. The quantitative estimate of drug-likeness (QED) is 0.0177. The number of carbonyl (C=O) groups excluding carboxylic acids is 1. The summed E-state index contributed by atoms with van der Waals surface area (Å²) in [5, 5.41) is 18.1. The minimum absolute atomic E-state index is 0.00103. The van der Waals surface area contributed by atoms with Gasteiger partial charge in [0.05, 0.1) is 16.1 Å². The molecule has 0 spiro atoms. The van der Waals surface area contributed by atoms with E-state index in [4.69, 9.17) is 29.3 Å². The number of nitrogens with zero attached hydrogens (tertiary/aromatic N) is 5. The molecule has 0 aliphatic carbocycles. The molecule has 1 atom stereocenters. The normalized spacial score (nSPS) is 16.7. The van der Waals surface area contributed by atoms with Gasteiger partial charge in [0.25, 0.3) is 20.2 Å². The molecule has 3 heterocycles. The van der Waals surface area contributed by atoms with E-state index in [1.165, 1.54) is 34.6 Å². The van der Waals surface area contributed by atoms with Gasteiger partial charge in [0, 0.05) is 79.9 Å². The third-order valence-corrected chi connectivity index (χ3v) is 14.3. The molecule has 0 saturated carbocycles. The first kappa shape index (κ1) is 60.0. The topological polar surface area (TPSA) is 295 Å². The van der Waals surface area contributed by atoms with E-state index in [-0.39, 0.29) is 40.9 Å². The minimum atomic E-state index is -4.46. The Hall–Kier alpha value is -5.59. The third-order valence-electron chi connectivity index (χ3n) is 12.5. The van der Waals surface area contributed by atoms with Gasteiger partial charge in [-0.15, -0.1) is 12.6 Å². The van der Waals surface area contributed by atoms with Crippen molar-refractivity contribution in [3.05, 3.63) is 94.4 Å². The number of aliphatic carboxylic acids is 1. The van der Waals surface area contributed by atoms with Crippen LogP contribution < -0.4 is 20.9 Å². The van der Waals surface area contributed by atoms with Crippen molar-refractivity contribution in [2.75, 3.05) is 54.0 Å². The second-order valence-electron chi connectivity index (χ2n) is 18.5. The molecule has 20 nitrogen and oxygen atoms in total. The first-order chi connectivity index (χ1) is 34.4. The number of amides is 1. The molecule has 6 N–H and O–H groups in total. The number of halogens is 1. The third kappa shape index (κ3) is 18.4. The van der Waals surface area contributed by atoms with Gasteiger partial charge in [-0.2, -0.15) is 36.4 Å². The van der Waals surface area contributed by atoms with E-state index in [9.17, 15) is 35.5 Å². The van der Waals surface area contributed by atoms with Crippen LogP contribution in [0.5, 0.6) is 0 Å². The largest absolute Gasteiger partial charge is 0.481 e. The van der Waals surface area contributed by atoms with Crippen LogP contribution in [0.25, 0.3) is 0 Å². The van der Waals surface area contributed by atoms with E-state index in [2.05, 4.69) is 80.8 Å². The van der Waals surface area contributed by atoms with Gasteiger partial charge in [0.2, 0.25) is 28.8 Å². The zero-order chi connectivity index (χ0) is 54.0. The lowest BCUT2D eigenvalue weighted by Gasteiger charge is -2.30. The van der Waals surface area contributed by atoms with E-state index >= 15 is 0 Å². The standard InChI is InChI=1S/C49H67ClN8O9S2.O3S/c1-6-30-57-40-24-22-35(2)33-38(40)49(5,26-14-8-12-20-43(59)51-28-16-29-53-47-55-45(50)54-46(56-47)52-27-15-9-13-21-44(60)61)42(57)19-11-7-10-18-41-48(3,4)37-34-36(69(65,66)67)23-25-39(37)58(41)31-17-32-68(62,63)64;1-4(2)3/h7,10-11,18-19,22-25,33-34H,6,8-9,12-17,20-21,26-32H2,1-5H3,(H5-,51,52,53,54,55,56,59,60,61,62,63,64,65,66,67);/p+1. The highest BCUT2D eigenvalue weighted by Crippen LogP contribution is 2.51. The summed E-state index contributed by atoms with van der Waals surface area (Å²) in [6.07, 6.45) is 17.9. The fourth-order valence-corrected chi connectivity index (χ4v) is 10.2. The van der Waals surface area contributed by atoms with Gasteiger partial charge in [-0.3, -0.25) is 18.7 Å². The summed E-state index contributed by atoms with van der Waals surface area (Å²) in [7, 11) is -11.8. The van der Waals surface area contributed by atoms with Gasteiger partial charge in [0.15, 0.2) is 5.71 Å². The summed E-state index contributed by atoms with van der Waals surface area (Å²) in [5.74, 6) is -0.570. The van der Waals surface area contributed by atoms with Crippen LogP contribution in [0.4, 0.5) is 23.3 Å². The molecule has 1 unspecified atom stereocenters. The Morgan fingerprint density at radius 1 is 0.808 bits per heavy atom. The Labute approximate surface area is 435 Å². The maximum absolute atomic E-state index is 12.8. The number of carboxylic acids is 1. The molecule has 0 saturated heterocycles. The van der Waals surface area contributed by atoms with Gasteiger partial charge < -0.3 is 26.0 Å². The number of fused-ring (bicyclic) bond motifs is 2. The lowest BCUT2D eigenvalue weighted by molar-refractivity contribution is -0.437. The van der Waals surface area contributed by atoms with Crippen LogP contribution in [0.15, 0.2) is 77.4 Å². The Morgan fingerprint density at radius 3 is 2.11 bits per heavy atom. The molecule has 2 aliphatic rings. The minimum Gasteiger partial charge on any atom is -0.481 e. The second-order valence-corrected chi connectivity index (χ2v) is 22.3. The summed E-state index contributed by atoms with van der Waals surface area (Å²) in [6, 6.07) is 11.0. The number of aryl methyl sites for hydroxylation is 1. The molecule has 400 valence electrons. The molecule has 1 aromatic heterocycles. The van der Waals surface area contributed by atoms with E-state index in [1.807, 2.05) is 42.7 Å². The van der Waals surface area contributed by atoms with Crippen molar-refractivity contribution < 1.29 is 57.8 Å². The molecular weight excluding hydrogens is 1020 g/mol. The lowest BCUT2D eigenvalue weighted by Crippen LogP contribution is -2.29. The Bertz CT molecular complexity index is 2910. The van der Waals surface area contributed by atoms with Crippen LogP contribution in [0.2, 0.25) is 5.28 Å². The van der Waals surface area contributed by atoms with Crippen LogP contribution in [-0.4, -0.2) is 119 Å². The lowest BCUT2D eigenvalue weighted by atomic mass is 9.76. The van der Waals surface area contributed by atoms with Crippen molar-refractivity contribution >= 4 is 83.3 Å². The second kappa shape index (κ2) is 27.6. The van der Waals surface area contributed by atoms with E-state index in [0.717, 1.165) is 57.2 Å². The molecular formula is C49H68ClN8O12S3+. The van der Waals surface area contributed by atoms with Gasteiger partial charge in [-0.05, 0) is 108 Å². The number of allylic oxidation sites excluding steroid dienone is 6. The maximum atomic E-state index is 12.8. The highest BCUT2D eigenvalue weighted by molar-refractivity contribution is 7.86. The summed E-state index contributed by atoms with van der Waals surface area (Å²) in [4.78, 5) is 38.2. The number of carboxylic acid groups (broad SMARTS) is 1. The first-order valence-electron chi connectivity index (χ1n) is 24.2. The SMILES string of the molecule is CCCN1C(=CC=CC=CC2=[N+](CCCS(=O)(=O)O)c3ccc(S(=O)(=O)O)cc3C2(C)C)C(C)(CCCCCC(=O)NCCCNc2nc(Cl)nc(NCCCCCC(=O)O)n2)c2cc(C)ccc21.O=S(=O)=O. The van der Waals surface area contributed by atoms with Crippen molar-refractivity contribution in [2.24, 2.45) is 0 Å². The fourth-order valence-electron chi connectivity index (χ4n) is 9.04. The molecule has 2 aromatic carbocycles. The molecule has 3 aromatic rings. The van der Waals surface area contributed by atoms with Crippen LogP contribution in [0, 0.1) is 6.92 Å². The first-order valence-corrected chi connectivity index (χ1v) is 28.6. The van der Waals surface area contributed by atoms with Crippen LogP contribution in [0.3, 0.4) is 0 Å². The van der Waals surface area contributed by atoms with Crippen molar-refractivity contribution in [3.8, 4) is 0 Å².